The van der Waals surface area contributed by atoms with E-state index < -0.39 is 0 Å². The standard InChI is InChI=1S/C18H22BrN/c1-13-11-16(19)9-10-17(13)20-12-14-5-7-15(8-6-14)18(2,3)4/h5-11,20H,12H2,1-4H3. The van der Waals surface area contributed by atoms with E-state index in [0.29, 0.717) is 0 Å². The summed E-state index contributed by atoms with van der Waals surface area (Å²) in [5.74, 6) is 0. The van der Waals surface area contributed by atoms with E-state index in [1.54, 1.807) is 0 Å². The molecular weight excluding hydrogens is 310 g/mol. The first-order valence-electron chi connectivity index (χ1n) is 6.96. The van der Waals surface area contributed by atoms with Crippen molar-refractivity contribution in [2.45, 2.75) is 39.7 Å². The number of hydrogen-bond acceptors (Lipinski definition) is 1. The van der Waals surface area contributed by atoms with Gasteiger partial charge in [0, 0.05) is 16.7 Å². The van der Waals surface area contributed by atoms with Gasteiger partial charge in [0.15, 0.2) is 0 Å². The zero-order valence-corrected chi connectivity index (χ0v) is 14.2. The van der Waals surface area contributed by atoms with Crippen LogP contribution in [0.2, 0.25) is 0 Å². The minimum absolute atomic E-state index is 0.217. The quantitative estimate of drug-likeness (QED) is 0.764. The second-order valence-electron chi connectivity index (χ2n) is 6.26. The van der Waals surface area contributed by atoms with Crippen molar-refractivity contribution >= 4 is 21.6 Å². The van der Waals surface area contributed by atoms with Crippen molar-refractivity contribution in [2.75, 3.05) is 5.32 Å². The predicted molar refractivity (Wildman–Crippen MR) is 91.3 cm³/mol. The Kier molecular flexibility index (Phi) is 4.54. The van der Waals surface area contributed by atoms with Crippen LogP contribution in [0.1, 0.15) is 37.5 Å². The van der Waals surface area contributed by atoms with E-state index in [4.69, 9.17) is 0 Å². The number of rotatable bonds is 3. The van der Waals surface area contributed by atoms with Crippen LogP contribution in [0.3, 0.4) is 0 Å². The highest BCUT2D eigenvalue weighted by Crippen LogP contribution is 2.23. The molecule has 0 aliphatic carbocycles. The van der Waals surface area contributed by atoms with Gasteiger partial charge in [-0.3, -0.25) is 0 Å². The van der Waals surface area contributed by atoms with Crippen LogP contribution in [0.5, 0.6) is 0 Å². The average Bonchev–Trinajstić information content (AvgIpc) is 2.37. The van der Waals surface area contributed by atoms with Crippen LogP contribution in [0.15, 0.2) is 46.9 Å². The van der Waals surface area contributed by atoms with Crippen LogP contribution in [0.4, 0.5) is 5.69 Å². The highest BCUT2D eigenvalue weighted by molar-refractivity contribution is 9.10. The van der Waals surface area contributed by atoms with E-state index in [9.17, 15) is 0 Å². The molecule has 0 spiro atoms. The molecule has 0 aromatic heterocycles. The van der Waals surface area contributed by atoms with Crippen LogP contribution in [0.25, 0.3) is 0 Å². The molecule has 0 amide bonds. The van der Waals surface area contributed by atoms with Crippen molar-refractivity contribution in [3.8, 4) is 0 Å². The molecule has 0 unspecified atom stereocenters. The Bertz CT molecular complexity index is 579. The minimum atomic E-state index is 0.217. The fourth-order valence-corrected chi connectivity index (χ4v) is 2.62. The minimum Gasteiger partial charge on any atom is -0.381 e. The molecule has 1 N–H and O–H groups in total. The lowest BCUT2D eigenvalue weighted by Crippen LogP contribution is -2.11. The molecule has 2 aromatic carbocycles. The smallest absolute Gasteiger partial charge is 0.0400 e. The fraction of sp³-hybridized carbons (Fsp3) is 0.333. The van der Waals surface area contributed by atoms with Gasteiger partial charge in [-0.2, -0.15) is 0 Å². The van der Waals surface area contributed by atoms with E-state index in [1.807, 2.05) is 0 Å². The normalized spacial score (nSPS) is 11.4. The third kappa shape index (κ3) is 3.86. The zero-order chi connectivity index (χ0) is 14.8. The SMILES string of the molecule is Cc1cc(Br)ccc1NCc1ccc(C(C)(C)C)cc1. The molecular formula is C18H22BrN. The Labute approximate surface area is 130 Å². The molecule has 0 atom stereocenters. The summed E-state index contributed by atoms with van der Waals surface area (Å²) in [7, 11) is 0. The van der Waals surface area contributed by atoms with E-state index in [-0.39, 0.29) is 5.41 Å². The van der Waals surface area contributed by atoms with Crippen LogP contribution in [-0.4, -0.2) is 0 Å². The first-order valence-corrected chi connectivity index (χ1v) is 7.75. The monoisotopic (exact) mass is 331 g/mol. The fourth-order valence-electron chi connectivity index (χ4n) is 2.15. The molecule has 20 heavy (non-hydrogen) atoms. The first kappa shape index (κ1) is 15.1. The van der Waals surface area contributed by atoms with Crippen molar-refractivity contribution in [3.05, 3.63) is 63.6 Å². The van der Waals surface area contributed by atoms with Crippen molar-refractivity contribution in [2.24, 2.45) is 0 Å². The molecule has 2 heteroatoms. The lowest BCUT2D eigenvalue weighted by Gasteiger charge is -2.19. The Morgan fingerprint density at radius 3 is 2.20 bits per heavy atom. The highest BCUT2D eigenvalue weighted by Gasteiger charge is 2.12. The van der Waals surface area contributed by atoms with E-state index >= 15 is 0 Å². The van der Waals surface area contributed by atoms with Crippen molar-refractivity contribution in [1.29, 1.82) is 0 Å². The second kappa shape index (κ2) is 6.01. The Morgan fingerprint density at radius 1 is 1.00 bits per heavy atom. The Balaban J connectivity index is 2.04. The predicted octanol–water partition coefficient (Wildman–Crippen LogP) is 5.67. The molecule has 0 radical (unpaired) electrons. The number of nitrogens with one attached hydrogen (secondary N) is 1. The number of aryl methyl sites for hydroxylation is 1. The topological polar surface area (TPSA) is 12.0 Å². The summed E-state index contributed by atoms with van der Waals surface area (Å²) in [6.07, 6.45) is 0. The van der Waals surface area contributed by atoms with Crippen molar-refractivity contribution in [3.63, 3.8) is 0 Å². The maximum Gasteiger partial charge on any atom is 0.0400 e. The van der Waals surface area contributed by atoms with Crippen LogP contribution in [0, 0.1) is 6.92 Å². The molecule has 1 nitrogen and oxygen atoms in total. The lowest BCUT2D eigenvalue weighted by atomic mass is 9.87. The van der Waals surface area contributed by atoms with Gasteiger partial charge in [-0.1, -0.05) is 61.0 Å². The zero-order valence-electron chi connectivity index (χ0n) is 12.6. The van der Waals surface area contributed by atoms with Gasteiger partial charge >= 0.3 is 0 Å². The van der Waals surface area contributed by atoms with Gasteiger partial charge in [0.05, 0.1) is 0 Å². The van der Waals surface area contributed by atoms with E-state index in [0.717, 1.165) is 11.0 Å². The third-order valence-corrected chi connectivity index (χ3v) is 3.98. The molecule has 0 aliphatic heterocycles. The van der Waals surface area contributed by atoms with Crippen molar-refractivity contribution in [1.82, 2.24) is 0 Å². The van der Waals surface area contributed by atoms with Gasteiger partial charge in [0.1, 0.15) is 0 Å². The summed E-state index contributed by atoms with van der Waals surface area (Å²) in [6.45, 7) is 9.70. The van der Waals surface area contributed by atoms with Crippen LogP contribution >= 0.6 is 15.9 Å². The molecule has 106 valence electrons. The van der Waals surface area contributed by atoms with Gasteiger partial charge in [-0.25, -0.2) is 0 Å². The molecule has 2 rings (SSSR count). The van der Waals surface area contributed by atoms with Crippen molar-refractivity contribution < 1.29 is 0 Å². The molecule has 0 heterocycles. The second-order valence-corrected chi connectivity index (χ2v) is 7.18. The summed E-state index contributed by atoms with van der Waals surface area (Å²) < 4.78 is 1.12. The first-order chi connectivity index (χ1) is 9.36. The average molecular weight is 332 g/mol. The number of halogens is 1. The van der Waals surface area contributed by atoms with Crippen LogP contribution in [-0.2, 0) is 12.0 Å². The summed E-state index contributed by atoms with van der Waals surface area (Å²) in [5, 5.41) is 3.49. The number of benzene rings is 2. The molecule has 2 aromatic rings. The van der Waals surface area contributed by atoms with Gasteiger partial charge in [-0.05, 0) is 47.2 Å². The summed E-state index contributed by atoms with van der Waals surface area (Å²) in [5.41, 5.74) is 5.34. The molecule has 0 bridgehead atoms. The molecule has 0 saturated carbocycles. The maximum absolute atomic E-state index is 3.49. The maximum atomic E-state index is 3.49. The van der Waals surface area contributed by atoms with E-state index in [1.165, 1.54) is 22.4 Å². The molecule has 0 fully saturated rings. The summed E-state index contributed by atoms with van der Waals surface area (Å²) >= 11 is 3.49. The molecule has 0 aliphatic rings. The molecule has 0 saturated heterocycles. The number of hydrogen-bond donors (Lipinski definition) is 1. The van der Waals surface area contributed by atoms with Crippen LogP contribution < -0.4 is 5.32 Å². The van der Waals surface area contributed by atoms with Gasteiger partial charge in [-0.15, -0.1) is 0 Å². The van der Waals surface area contributed by atoms with Gasteiger partial charge in [0.25, 0.3) is 0 Å². The van der Waals surface area contributed by atoms with E-state index in [2.05, 4.69) is 91.4 Å². The van der Waals surface area contributed by atoms with Gasteiger partial charge in [0.2, 0.25) is 0 Å². The lowest BCUT2D eigenvalue weighted by molar-refractivity contribution is 0.590. The number of anilines is 1. The largest absolute Gasteiger partial charge is 0.381 e. The Morgan fingerprint density at radius 2 is 1.65 bits per heavy atom. The third-order valence-electron chi connectivity index (χ3n) is 3.49. The summed E-state index contributed by atoms with van der Waals surface area (Å²) in [4.78, 5) is 0. The summed E-state index contributed by atoms with van der Waals surface area (Å²) in [6, 6.07) is 15.2. The highest BCUT2D eigenvalue weighted by atomic mass is 79.9. The Hall–Kier alpha value is -1.28. The van der Waals surface area contributed by atoms with Gasteiger partial charge < -0.3 is 5.32 Å².